The van der Waals surface area contributed by atoms with Crippen LogP contribution in [0, 0.1) is 5.82 Å². The minimum Gasteiger partial charge on any atom is -0.492 e. The second kappa shape index (κ2) is 4.06. The molecule has 0 radical (unpaired) electrons. The van der Waals surface area contributed by atoms with Gasteiger partial charge in [0.1, 0.15) is 0 Å². The van der Waals surface area contributed by atoms with Gasteiger partial charge in [-0.2, -0.15) is 4.39 Å². The van der Waals surface area contributed by atoms with Crippen LogP contribution in [-0.2, 0) is 0 Å². The normalized spacial score (nSPS) is 10.5. The second-order valence-corrected chi connectivity index (χ2v) is 3.59. The molecular weight excluding hydrogens is 251 g/mol. The lowest BCUT2D eigenvalue weighted by Gasteiger charge is -2.09. The Morgan fingerprint density at radius 3 is 2.59 bits per heavy atom. The van der Waals surface area contributed by atoms with Crippen LogP contribution in [0.25, 0.3) is 5.69 Å². The van der Waals surface area contributed by atoms with Crippen LogP contribution in [0.1, 0.15) is 0 Å². The molecular formula is C10H6ClFN2O3. The molecule has 0 aliphatic carbocycles. The molecule has 1 aromatic heterocycles. The minimum absolute atomic E-state index is 0.0758. The summed E-state index contributed by atoms with van der Waals surface area (Å²) in [7, 11) is 0. The summed E-state index contributed by atoms with van der Waals surface area (Å²) in [6, 6.07) is 6.03. The summed E-state index contributed by atoms with van der Waals surface area (Å²) in [5.41, 5.74) is -2.18. The van der Waals surface area contributed by atoms with Gasteiger partial charge in [0, 0.05) is 0 Å². The number of aromatic amines is 1. The van der Waals surface area contributed by atoms with Gasteiger partial charge < -0.3 is 5.11 Å². The maximum absolute atomic E-state index is 13.2. The number of nitrogens with one attached hydrogen (secondary N) is 1. The van der Waals surface area contributed by atoms with E-state index in [0.717, 1.165) is 0 Å². The highest BCUT2D eigenvalue weighted by atomic mass is 35.5. The molecule has 0 aliphatic rings. The molecule has 5 nitrogen and oxygen atoms in total. The third-order valence-corrected chi connectivity index (χ3v) is 2.44. The van der Waals surface area contributed by atoms with E-state index in [0.29, 0.717) is 4.57 Å². The van der Waals surface area contributed by atoms with Gasteiger partial charge in [-0.25, -0.2) is 9.36 Å². The Morgan fingerprint density at radius 1 is 1.29 bits per heavy atom. The summed E-state index contributed by atoms with van der Waals surface area (Å²) in [5.74, 6) is -2.52. The Bertz CT molecular complexity index is 693. The molecule has 0 aliphatic heterocycles. The zero-order valence-electron chi connectivity index (χ0n) is 8.28. The number of aromatic nitrogens is 2. The molecule has 1 aromatic carbocycles. The zero-order valence-corrected chi connectivity index (χ0v) is 9.03. The zero-order chi connectivity index (χ0) is 12.6. The lowest BCUT2D eigenvalue weighted by molar-refractivity contribution is 0.386. The van der Waals surface area contributed by atoms with Crippen molar-refractivity contribution in [1.29, 1.82) is 0 Å². The van der Waals surface area contributed by atoms with Crippen molar-refractivity contribution < 1.29 is 9.50 Å². The van der Waals surface area contributed by atoms with Crippen LogP contribution in [0.3, 0.4) is 0 Å². The van der Waals surface area contributed by atoms with Gasteiger partial charge in [-0.3, -0.25) is 9.78 Å². The van der Waals surface area contributed by atoms with E-state index in [9.17, 15) is 19.1 Å². The van der Waals surface area contributed by atoms with E-state index >= 15 is 0 Å². The van der Waals surface area contributed by atoms with Crippen LogP contribution in [0.5, 0.6) is 5.88 Å². The molecule has 2 aromatic rings. The van der Waals surface area contributed by atoms with Crippen LogP contribution < -0.4 is 11.2 Å². The van der Waals surface area contributed by atoms with Crippen molar-refractivity contribution in [2.24, 2.45) is 0 Å². The molecule has 0 spiro atoms. The first-order valence-corrected chi connectivity index (χ1v) is 4.89. The van der Waals surface area contributed by atoms with E-state index in [2.05, 4.69) is 0 Å². The molecule has 0 bridgehead atoms. The van der Waals surface area contributed by atoms with Gasteiger partial charge in [-0.05, 0) is 12.1 Å². The summed E-state index contributed by atoms with van der Waals surface area (Å²) >= 11 is 5.81. The summed E-state index contributed by atoms with van der Waals surface area (Å²) in [6.07, 6.45) is 0. The number of nitrogens with zero attached hydrogens (tertiary/aromatic N) is 1. The minimum atomic E-state index is -1.44. The van der Waals surface area contributed by atoms with E-state index in [1.54, 1.807) is 17.1 Å². The highest BCUT2D eigenvalue weighted by Crippen LogP contribution is 2.22. The molecule has 0 amide bonds. The fraction of sp³-hybridized carbons (Fsp3) is 0. The van der Waals surface area contributed by atoms with Gasteiger partial charge in [0.2, 0.25) is 11.7 Å². The Hall–Kier alpha value is -2.08. The highest BCUT2D eigenvalue weighted by Gasteiger charge is 2.16. The van der Waals surface area contributed by atoms with Crippen LogP contribution >= 0.6 is 11.6 Å². The van der Waals surface area contributed by atoms with E-state index in [4.69, 9.17) is 11.6 Å². The number of rotatable bonds is 1. The first-order chi connectivity index (χ1) is 8.02. The highest BCUT2D eigenvalue weighted by molar-refractivity contribution is 6.32. The topological polar surface area (TPSA) is 75.1 Å². The SMILES string of the molecule is O=c1[nH]c(=O)n(-c2ccccc2Cl)c(O)c1F. The molecule has 0 unspecified atom stereocenters. The third-order valence-electron chi connectivity index (χ3n) is 2.12. The average molecular weight is 257 g/mol. The average Bonchev–Trinajstić information content (AvgIpc) is 2.29. The van der Waals surface area contributed by atoms with Gasteiger partial charge in [0.25, 0.3) is 5.56 Å². The maximum atomic E-state index is 13.2. The van der Waals surface area contributed by atoms with Crippen molar-refractivity contribution in [2.75, 3.05) is 0 Å². The van der Waals surface area contributed by atoms with Crippen molar-refractivity contribution >= 4 is 11.6 Å². The molecule has 0 saturated carbocycles. The number of aromatic hydroxyl groups is 1. The fourth-order valence-electron chi connectivity index (χ4n) is 1.36. The van der Waals surface area contributed by atoms with Crippen LogP contribution in [-0.4, -0.2) is 14.7 Å². The van der Waals surface area contributed by atoms with Gasteiger partial charge in [0.05, 0.1) is 10.7 Å². The molecule has 2 rings (SSSR count). The number of halogens is 2. The number of hydrogen-bond donors (Lipinski definition) is 2. The van der Waals surface area contributed by atoms with E-state index in [1.807, 2.05) is 0 Å². The summed E-state index contributed by atoms with van der Waals surface area (Å²) in [5, 5.41) is 9.58. The second-order valence-electron chi connectivity index (χ2n) is 3.18. The van der Waals surface area contributed by atoms with Crippen LogP contribution in [0.2, 0.25) is 5.02 Å². The standard InChI is InChI=1S/C10H6ClFN2O3/c11-5-3-1-2-4-6(5)14-9(16)7(12)8(15)13-10(14)17/h1-4,16H,(H,13,15,17). The summed E-state index contributed by atoms with van der Waals surface area (Å²) < 4.78 is 13.8. The molecule has 1 heterocycles. The van der Waals surface area contributed by atoms with Crippen LogP contribution in [0.15, 0.2) is 33.9 Å². The molecule has 0 fully saturated rings. The number of H-pyrrole nitrogens is 1. The third kappa shape index (κ3) is 1.83. The smallest absolute Gasteiger partial charge is 0.335 e. The first kappa shape index (κ1) is 11.4. The fourth-order valence-corrected chi connectivity index (χ4v) is 1.58. The quantitative estimate of drug-likeness (QED) is 0.800. The van der Waals surface area contributed by atoms with Gasteiger partial charge in [0.15, 0.2) is 0 Å². The van der Waals surface area contributed by atoms with E-state index in [1.165, 1.54) is 12.1 Å². The molecule has 88 valence electrons. The summed E-state index contributed by atoms with van der Waals surface area (Å²) in [4.78, 5) is 24.1. The van der Waals surface area contributed by atoms with E-state index in [-0.39, 0.29) is 10.7 Å². The maximum Gasteiger partial charge on any atom is 0.335 e. The molecule has 0 saturated heterocycles. The lowest BCUT2D eigenvalue weighted by Crippen LogP contribution is -2.31. The predicted molar refractivity (Wildman–Crippen MR) is 59.3 cm³/mol. The number of benzene rings is 1. The largest absolute Gasteiger partial charge is 0.492 e. The number of para-hydroxylation sites is 1. The monoisotopic (exact) mass is 256 g/mol. The van der Waals surface area contributed by atoms with Gasteiger partial charge >= 0.3 is 5.69 Å². The van der Waals surface area contributed by atoms with Gasteiger partial charge in [-0.15, -0.1) is 0 Å². The molecule has 17 heavy (non-hydrogen) atoms. The molecule has 7 heteroatoms. The van der Waals surface area contributed by atoms with Gasteiger partial charge in [-0.1, -0.05) is 23.7 Å². The summed E-state index contributed by atoms with van der Waals surface area (Å²) in [6.45, 7) is 0. The van der Waals surface area contributed by atoms with Crippen LogP contribution in [0.4, 0.5) is 4.39 Å². The lowest BCUT2D eigenvalue weighted by atomic mass is 10.3. The Morgan fingerprint density at radius 2 is 1.94 bits per heavy atom. The number of hydrogen-bond acceptors (Lipinski definition) is 3. The predicted octanol–water partition coefficient (Wildman–Crippen LogP) is 1.02. The van der Waals surface area contributed by atoms with Crippen molar-refractivity contribution in [3.8, 4) is 11.6 Å². The Kier molecular flexibility index (Phi) is 2.72. The van der Waals surface area contributed by atoms with Crippen molar-refractivity contribution in [1.82, 2.24) is 9.55 Å². The first-order valence-electron chi connectivity index (χ1n) is 4.51. The Balaban J connectivity index is 2.87. The molecule has 0 atom stereocenters. The Labute approximate surface area is 98.7 Å². The molecule has 2 N–H and O–H groups in total. The van der Waals surface area contributed by atoms with Crippen molar-refractivity contribution in [2.45, 2.75) is 0 Å². The van der Waals surface area contributed by atoms with Crippen molar-refractivity contribution in [3.63, 3.8) is 0 Å². The van der Waals surface area contributed by atoms with Crippen molar-refractivity contribution in [3.05, 3.63) is 55.9 Å². The van der Waals surface area contributed by atoms with E-state index < -0.39 is 22.9 Å².